The molecule has 1 aromatic carbocycles. The van der Waals surface area contributed by atoms with E-state index in [-0.39, 0.29) is 12.0 Å². The number of H-pyrrole nitrogens is 1. The Balaban J connectivity index is 1.52. The van der Waals surface area contributed by atoms with Crippen molar-refractivity contribution in [3.63, 3.8) is 0 Å². The molecule has 0 unspecified atom stereocenters. The molecule has 0 bridgehead atoms. The Hall–Kier alpha value is -2.98. The van der Waals surface area contributed by atoms with Gasteiger partial charge in [0.2, 0.25) is 0 Å². The number of benzene rings is 1. The number of carbonyl (C=O) groups is 1. The molecule has 168 valence electrons. The molecule has 1 aliphatic carbocycles. The second-order valence-electron chi connectivity index (χ2n) is 7.53. The number of hydrogen-bond donors (Lipinski definition) is 2. The van der Waals surface area contributed by atoms with E-state index in [0.29, 0.717) is 39.3 Å². The summed E-state index contributed by atoms with van der Waals surface area (Å²) in [5.41, 5.74) is 1.21. The van der Waals surface area contributed by atoms with Crippen molar-refractivity contribution in [2.75, 3.05) is 12.4 Å². The summed E-state index contributed by atoms with van der Waals surface area (Å²) in [4.78, 5) is 18.2. The topological polar surface area (TPSA) is 94.1 Å². The third-order valence-electron chi connectivity index (χ3n) is 5.31. The monoisotopic (exact) mass is 471 g/mol. The first-order chi connectivity index (χ1) is 15.5. The van der Waals surface area contributed by atoms with E-state index >= 15 is 0 Å². The van der Waals surface area contributed by atoms with Crippen LogP contribution in [-0.2, 0) is 6.54 Å². The van der Waals surface area contributed by atoms with Crippen LogP contribution >= 0.6 is 23.6 Å². The molecule has 32 heavy (non-hydrogen) atoms. The van der Waals surface area contributed by atoms with Crippen molar-refractivity contribution in [2.24, 2.45) is 0 Å². The molecule has 1 aliphatic rings. The molecule has 0 aliphatic heterocycles. The van der Waals surface area contributed by atoms with Crippen LogP contribution in [0.2, 0.25) is 0 Å². The average Bonchev–Trinajstić information content (AvgIpc) is 3.50. The third-order valence-corrected chi connectivity index (χ3v) is 6.69. The van der Waals surface area contributed by atoms with Gasteiger partial charge in [-0.05, 0) is 63.0 Å². The molecule has 0 spiro atoms. The van der Waals surface area contributed by atoms with Crippen LogP contribution in [0.4, 0.5) is 5.13 Å². The van der Waals surface area contributed by atoms with E-state index < -0.39 is 0 Å². The number of thiazole rings is 1. The number of allylic oxidation sites excluding steroid dienone is 1. The summed E-state index contributed by atoms with van der Waals surface area (Å²) in [6.45, 7) is 6.16. The third kappa shape index (κ3) is 4.61. The maximum Gasteiger partial charge on any atom is 0.257 e. The van der Waals surface area contributed by atoms with Crippen LogP contribution in [0.3, 0.4) is 0 Å². The molecule has 0 saturated heterocycles. The highest BCUT2D eigenvalue weighted by atomic mass is 32.1. The Morgan fingerprint density at radius 1 is 1.41 bits per heavy atom. The van der Waals surface area contributed by atoms with Gasteiger partial charge in [0.05, 0.1) is 23.8 Å². The summed E-state index contributed by atoms with van der Waals surface area (Å²) in [5, 5.41) is 10.5. The number of nitrogens with zero attached hydrogens (tertiary/aromatic N) is 3. The first-order valence-corrected chi connectivity index (χ1v) is 11.6. The fraction of sp³-hybridized carbons (Fsp3) is 0.364. The molecule has 4 rings (SSSR count). The average molecular weight is 472 g/mol. The lowest BCUT2D eigenvalue weighted by Gasteiger charge is -2.16. The van der Waals surface area contributed by atoms with Crippen molar-refractivity contribution in [1.29, 1.82) is 0 Å². The van der Waals surface area contributed by atoms with Crippen LogP contribution in [0.1, 0.15) is 41.7 Å². The number of aromatic nitrogens is 4. The molecule has 2 N–H and O–H groups in total. The Morgan fingerprint density at radius 3 is 2.91 bits per heavy atom. The van der Waals surface area contributed by atoms with Crippen LogP contribution in [0, 0.1) is 11.7 Å². The summed E-state index contributed by atoms with van der Waals surface area (Å²) in [6, 6.07) is 5.21. The predicted molar refractivity (Wildman–Crippen MR) is 127 cm³/mol. The lowest BCUT2D eigenvalue weighted by Crippen LogP contribution is -2.14. The zero-order valence-electron chi connectivity index (χ0n) is 18.0. The zero-order valence-corrected chi connectivity index (χ0v) is 19.6. The number of ether oxygens (including phenoxy) is 2. The minimum Gasteiger partial charge on any atom is -0.493 e. The molecule has 10 heteroatoms. The summed E-state index contributed by atoms with van der Waals surface area (Å²) in [5.74, 6) is 1.59. The van der Waals surface area contributed by atoms with Gasteiger partial charge < -0.3 is 9.47 Å². The van der Waals surface area contributed by atoms with Gasteiger partial charge in [0.15, 0.2) is 27.2 Å². The molecule has 1 amide bonds. The SMILES string of the molecule is C=CCn1c(-c2sc(NC(=O)c3ccc(OC4CCCC4)c(OC)c3)nc2C)n[nH]c1=S. The number of methoxy groups -OCH3 is 1. The maximum atomic E-state index is 12.9. The number of carbonyl (C=O) groups excluding carboxylic acids is 1. The van der Waals surface area contributed by atoms with Gasteiger partial charge in [-0.2, -0.15) is 5.10 Å². The summed E-state index contributed by atoms with van der Waals surface area (Å²) in [6.07, 6.45) is 6.42. The molecule has 0 atom stereocenters. The van der Waals surface area contributed by atoms with Gasteiger partial charge in [0.1, 0.15) is 0 Å². The number of aryl methyl sites for hydroxylation is 1. The fourth-order valence-corrected chi connectivity index (χ4v) is 4.87. The van der Waals surface area contributed by atoms with Crippen molar-refractivity contribution >= 4 is 34.6 Å². The van der Waals surface area contributed by atoms with E-state index in [1.54, 1.807) is 31.4 Å². The molecule has 2 aromatic heterocycles. The van der Waals surface area contributed by atoms with Gasteiger partial charge in [0.25, 0.3) is 5.91 Å². The minimum absolute atomic E-state index is 0.210. The molecular weight excluding hydrogens is 446 g/mol. The lowest BCUT2D eigenvalue weighted by molar-refractivity contribution is 0.102. The highest BCUT2D eigenvalue weighted by Gasteiger charge is 2.21. The van der Waals surface area contributed by atoms with Gasteiger partial charge in [-0.15, -0.1) is 6.58 Å². The molecule has 1 saturated carbocycles. The second-order valence-corrected chi connectivity index (χ2v) is 8.92. The molecule has 8 nitrogen and oxygen atoms in total. The van der Waals surface area contributed by atoms with Crippen LogP contribution < -0.4 is 14.8 Å². The number of amides is 1. The van der Waals surface area contributed by atoms with Crippen molar-refractivity contribution in [3.8, 4) is 22.2 Å². The van der Waals surface area contributed by atoms with Gasteiger partial charge in [-0.1, -0.05) is 17.4 Å². The number of rotatable bonds is 8. The number of anilines is 1. The first kappa shape index (κ1) is 22.2. The predicted octanol–water partition coefficient (Wildman–Crippen LogP) is 5.14. The summed E-state index contributed by atoms with van der Waals surface area (Å²) in [7, 11) is 1.57. The van der Waals surface area contributed by atoms with Crippen molar-refractivity contribution in [1.82, 2.24) is 19.7 Å². The van der Waals surface area contributed by atoms with Crippen molar-refractivity contribution in [2.45, 2.75) is 45.3 Å². The van der Waals surface area contributed by atoms with Crippen LogP contribution in [0.15, 0.2) is 30.9 Å². The van der Waals surface area contributed by atoms with E-state index in [1.807, 2.05) is 11.5 Å². The van der Waals surface area contributed by atoms with E-state index in [1.165, 1.54) is 24.2 Å². The minimum atomic E-state index is -0.277. The van der Waals surface area contributed by atoms with E-state index in [9.17, 15) is 4.79 Å². The number of aromatic amines is 1. The fourth-order valence-electron chi connectivity index (χ4n) is 3.71. The largest absolute Gasteiger partial charge is 0.493 e. The molecule has 2 heterocycles. The van der Waals surface area contributed by atoms with Gasteiger partial charge in [0, 0.05) is 12.1 Å². The maximum absolute atomic E-state index is 12.9. The summed E-state index contributed by atoms with van der Waals surface area (Å²) < 4.78 is 13.9. The molecule has 3 aromatic rings. The van der Waals surface area contributed by atoms with Crippen LogP contribution in [0.25, 0.3) is 10.7 Å². The second kappa shape index (κ2) is 9.66. The van der Waals surface area contributed by atoms with Gasteiger partial charge >= 0.3 is 0 Å². The number of hydrogen-bond acceptors (Lipinski definition) is 7. The molecule has 1 fully saturated rings. The van der Waals surface area contributed by atoms with Gasteiger partial charge in [-0.25, -0.2) is 4.98 Å². The highest BCUT2D eigenvalue weighted by Crippen LogP contribution is 2.34. The van der Waals surface area contributed by atoms with E-state index in [2.05, 4.69) is 27.1 Å². The smallest absolute Gasteiger partial charge is 0.257 e. The van der Waals surface area contributed by atoms with Crippen molar-refractivity contribution < 1.29 is 14.3 Å². The lowest BCUT2D eigenvalue weighted by atomic mass is 10.2. The number of nitrogens with one attached hydrogen (secondary N) is 2. The van der Waals surface area contributed by atoms with Crippen molar-refractivity contribution in [3.05, 3.63) is 46.9 Å². The first-order valence-electron chi connectivity index (χ1n) is 10.4. The Morgan fingerprint density at radius 2 is 2.19 bits per heavy atom. The normalized spacial score (nSPS) is 13.8. The molecular formula is C22H25N5O3S2. The highest BCUT2D eigenvalue weighted by molar-refractivity contribution is 7.71. The quantitative estimate of drug-likeness (QED) is 0.349. The van der Waals surface area contributed by atoms with Crippen LogP contribution in [-0.4, -0.2) is 38.9 Å². The Kier molecular flexibility index (Phi) is 6.71. The Labute approximate surface area is 195 Å². The van der Waals surface area contributed by atoms with E-state index in [0.717, 1.165) is 23.4 Å². The zero-order chi connectivity index (χ0) is 22.7. The standard InChI is InChI=1S/C22H25N5O3S2/c1-4-11-27-19(25-26-22(27)31)18-13(2)23-21(32-18)24-20(28)14-9-10-16(17(12-14)29-3)30-15-7-5-6-8-15/h4,9-10,12,15H,1,5-8,11H2,2-3H3,(H,26,31)(H,23,24,28). The van der Waals surface area contributed by atoms with Crippen LogP contribution in [0.5, 0.6) is 11.5 Å². The van der Waals surface area contributed by atoms with E-state index in [4.69, 9.17) is 21.7 Å². The molecule has 0 radical (unpaired) electrons. The summed E-state index contributed by atoms with van der Waals surface area (Å²) >= 11 is 6.63. The van der Waals surface area contributed by atoms with Gasteiger partial charge in [-0.3, -0.25) is 19.8 Å². The Bertz CT molecular complexity index is 1190.